The molecule has 0 radical (unpaired) electrons. The third-order valence-electron chi connectivity index (χ3n) is 4.30. The van der Waals surface area contributed by atoms with E-state index in [1.165, 1.54) is 11.8 Å². The molecule has 5 nitrogen and oxygen atoms in total. The van der Waals surface area contributed by atoms with Crippen LogP contribution in [-0.2, 0) is 4.79 Å². The number of hydrogen-bond donors (Lipinski definition) is 3. The van der Waals surface area contributed by atoms with E-state index < -0.39 is 0 Å². The Morgan fingerprint density at radius 2 is 2.04 bits per heavy atom. The summed E-state index contributed by atoms with van der Waals surface area (Å²) in [6.45, 7) is 6.30. The Labute approximate surface area is 147 Å². The topological polar surface area (TPSA) is 84.2 Å². The summed E-state index contributed by atoms with van der Waals surface area (Å²) < 4.78 is 0. The molecule has 0 aromatic heterocycles. The third kappa shape index (κ3) is 4.19. The van der Waals surface area contributed by atoms with E-state index in [-0.39, 0.29) is 35.0 Å². The Hall–Kier alpha value is -1.24. The van der Waals surface area contributed by atoms with Crippen molar-refractivity contribution in [2.45, 2.75) is 49.3 Å². The van der Waals surface area contributed by atoms with Crippen molar-refractivity contribution in [2.24, 2.45) is 5.73 Å². The highest BCUT2D eigenvalue weighted by Crippen LogP contribution is 2.36. The number of nitrogens with two attached hydrogens (primary N) is 1. The van der Waals surface area contributed by atoms with Gasteiger partial charge in [-0.15, -0.1) is 24.2 Å². The summed E-state index contributed by atoms with van der Waals surface area (Å²) in [5, 5.41) is 5.77. The highest BCUT2D eigenvalue weighted by Gasteiger charge is 2.28. The van der Waals surface area contributed by atoms with Gasteiger partial charge >= 0.3 is 0 Å². The van der Waals surface area contributed by atoms with Crippen LogP contribution in [0.3, 0.4) is 0 Å². The van der Waals surface area contributed by atoms with Crippen LogP contribution in [0.2, 0.25) is 0 Å². The molecule has 7 heteroatoms. The van der Waals surface area contributed by atoms with E-state index in [0.29, 0.717) is 17.8 Å². The Morgan fingerprint density at radius 3 is 2.61 bits per heavy atom. The number of nitrogens with one attached hydrogen (secondary N) is 2. The molecule has 2 rings (SSSR count). The van der Waals surface area contributed by atoms with Crippen LogP contribution in [0.25, 0.3) is 0 Å². The smallest absolute Gasteiger partial charge is 0.251 e. The number of benzene rings is 1. The van der Waals surface area contributed by atoms with E-state index in [4.69, 9.17) is 5.73 Å². The SMILES string of the molecule is CCC(CC)(CN)NC(=O)c1ccc2c(c1)NC(=O)C(C)S2.Cl. The number of carbonyl (C=O) groups excluding carboxylic acids is 2. The molecule has 1 aromatic rings. The maximum atomic E-state index is 12.5. The molecule has 0 fully saturated rings. The molecule has 0 saturated heterocycles. The van der Waals surface area contributed by atoms with Crippen LogP contribution in [0.15, 0.2) is 23.1 Å². The zero-order valence-corrected chi connectivity index (χ0v) is 15.3. The fourth-order valence-electron chi connectivity index (χ4n) is 2.43. The number of anilines is 1. The Bertz CT molecular complexity index is 582. The fraction of sp³-hybridized carbons (Fsp3) is 0.500. The van der Waals surface area contributed by atoms with Crippen molar-refractivity contribution >= 4 is 41.7 Å². The Kier molecular flexibility index (Phi) is 6.92. The van der Waals surface area contributed by atoms with Crippen LogP contribution in [0.1, 0.15) is 44.0 Å². The molecule has 1 heterocycles. The van der Waals surface area contributed by atoms with Gasteiger partial charge in [0.25, 0.3) is 5.91 Å². The first-order valence-corrected chi connectivity index (χ1v) is 8.46. The predicted octanol–water partition coefficient (Wildman–Crippen LogP) is 2.79. The molecule has 0 aliphatic carbocycles. The van der Waals surface area contributed by atoms with E-state index in [9.17, 15) is 9.59 Å². The Morgan fingerprint density at radius 1 is 1.39 bits per heavy atom. The average Bonchev–Trinajstić information content (AvgIpc) is 2.53. The number of thioether (sulfide) groups is 1. The molecular weight excluding hydrogens is 334 g/mol. The van der Waals surface area contributed by atoms with Crippen molar-refractivity contribution in [1.29, 1.82) is 0 Å². The molecule has 1 aromatic carbocycles. The van der Waals surface area contributed by atoms with Crippen molar-refractivity contribution in [3.05, 3.63) is 23.8 Å². The van der Waals surface area contributed by atoms with Gasteiger partial charge in [-0.05, 0) is 38.0 Å². The second-order valence-corrected chi connectivity index (χ2v) is 6.99. The summed E-state index contributed by atoms with van der Waals surface area (Å²) >= 11 is 1.50. The van der Waals surface area contributed by atoms with Crippen molar-refractivity contribution in [3.63, 3.8) is 0 Å². The van der Waals surface area contributed by atoms with Crippen molar-refractivity contribution < 1.29 is 9.59 Å². The lowest BCUT2D eigenvalue weighted by Crippen LogP contribution is -2.52. The van der Waals surface area contributed by atoms with Gasteiger partial charge in [-0.25, -0.2) is 0 Å². The molecular formula is C16H24ClN3O2S. The third-order valence-corrected chi connectivity index (χ3v) is 5.47. The van der Waals surface area contributed by atoms with Crippen molar-refractivity contribution in [3.8, 4) is 0 Å². The molecule has 23 heavy (non-hydrogen) atoms. The molecule has 1 aliphatic rings. The first-order valence-electron chi connectivity index (χ1n) is 7.59. The number of hydrogen-bond acceptors (Lipinski definition) is 4. The van der Waals surface area contributed by atoms with E-state index in [0.717, 1.165) is 17.7 Å². The van der Waals surface area contributed by atoms with Crippen LogP contribution >= 0.6 is 24.2 Å². The van der Waals surface area contributed by atoms with Gasteiger partial charge in [0, 0.05) is 17.0 Å². The molecule has 2 amide bonds. The van der Waals surface area contributed by atoms with Gasteiger partial charge in [-0.2, -0.15) is 0 Å². The number of rotatable bonds is 5. The molecule has 0 saturated carbocycles. The Balaban J connectivity index is 0.00000264. The van der Waals surface area contributed by atoms with Crippen LogP contribution in [0.5, 0.6) is 0 Å². The van der Waals surface area contributed by atoms with E-state index >= 15 is 0 Å². The summed E-state index contributed by atoms with van der Waals surface area (Å²) in [6, 6.07) is 5.40. The van der Waals surface area contributed by atoms with E-state index in [2.05, 4.69) is 10.6 Å². The first kappa shape index (κ1) is 19.8. The number of fused-ring (bicyclic) bond motifs is 1. The fourth-order valence-corrected chi connectivity index (χ4v) is 3.36. The lowest BCUT2D eigenvalue weighted by Gasteiger charge is -2.31. The predicted molar refractivity (Wildman–Crippen MR) is 97.5 cm³/mol. The molecule has 4 N–H and O–H groups in total. The summed E-state index contributed by atoms with van der Waals surface area (Å²) in [6.07, 6.45) is 1.56. The minimum Gasteiger partial charge on any atom is -0.345 e. The highest BCUT2D eigenvalue weighted by atomic mass is 35.5. The zero-order valence-electron chi connectivity index (χ0n) is 13.6. The van der Waals surface area contributed by atoms with Gasteiger partial charge in [0.1, 0.15) is 0 Å². The van der Waals surface area contributed by atoms with Crippen LogP contribution in [0.4, 0.5) is 5.69 Å². The summed E-state index contributed by atoms with van der Waals surface area (Å²) in [5.41, 5.74) is 6.69. The largest absolute Gasteiger partial charge is 0.345 e. The first-order chi connectivity index (χ1) is 10.4. The highest BCUT2D eigenvalue weighted by molar-refractivity contribution is 8.00. The van der Waals surface area contributed by atoms with E-state index in [1.807, 2.05) is 26.8 Å². The van der Waals surface area contributed by atoms with Crippen molar-refractivity contribution in [1.82, 2.24) is 5.32 Å². The van der Waals surface area contributed by atoms with Gasteiger partial charge in [-0.3, -0.25) is 9.59 Å². The number of carbonyl (C=O) groups is 2. The molecule has 0 spiro atoms. The van der Waals surface area contributed by atoms with Crippen LogP contribution < -0.4 is 16.4 Å². The quantitative estimate of drug-likeness (QED) is 0.756. The maximum absolute atomic E-state index is 12.5. The van der Waals surface area contributed by atoms with E-state index in [1.54, 1.807) is 12.1 Å². The molecule has 1 aliphatic heterocycles. The van der Waals surface area contributed by atoms with Crippen LogP contribution in [0, 0.1) is 0 Å². The van der Waals surface area contributed by atoms with Gasteiger partial charge < -0.3 is 16.4 Å². The van der Waals surface area contributed by atoms with Gasteiger partial charge in [-0.1, -0.05) is 13.8 Å². The van der Waals surface area contributed by atoms with Crippen molar-refractivity contribution in [2.75, 3.05) is 11.9 Å². The average molecular weight is 358 g/mol. The number of amides is 2. The standard InChI is InChI=1S/C16H23N3O2S.ClH/c1-4-16(5-2,9-17)19-15(21)11-6-7-13-12(8-11)18-14(20)10(3)22-13;/h6-8,10H,4-5,9,17H2,1-3H3,(H,18,20)(H,19,21);1H. The molecule has 128 valence electrons. The second-order valence-electron chi connectivity index (χ2n) is 5.61. The number of halogens is 1. The normalized spacial score (nSPS) is 16.9. The lowest BCUT2D eigenvalue weighted by molar-refractivity contribution is -0.115. The zero-order chi connectivity index (χ0) is 16.3. The van der Waals surface area contributed by atoms with Gasteiger partial charge in [0.2, 0.25) is 5.91 Å². The molecule has 0 bridgehead atoms. The molecule has 1 unspecified atom stereocenters. The summed E-state index contributed by atoms with van der Waals surface area (Å²) in [5.74, 6) is -0.191. The van der Waals surface area contributed by atoms with Gasteiger partial charge in [0.15, 0.2) is 0 Å². The summed E-state index contributed by atoms with van der Waals surface area (Å²) in [7, 11) is 0. The maximum Gasteiger partial charge on any atom is 0.251 e. The van der Waals surface area contributed by atoms with Gasteiger partial charge in [0.05, 0.1) is 16.5 Å². The second kappa shape index (κ2) is 8.04. The monoisotopic (exact) mass is 357 g/mol. The minimum atomic E-state index is -0.375. The summed E-state index contributed by atoms with van der Waals surface area (Å²) in [4.78, 5) is 25.2. The lowest BCUT2D eigenvalue weighted by atomic mass is 9.92. The molecule has 1 atom stereocenters. The minimum absolute atomic E-state index is 0. The van der Waals surface area contributed by atoms with Crippen LogP contribution in [-0.4, -0.2) is 29.1 Å².